The lowest BCUT2D eigenvalue weighted by atomic mass is 10.2. The number of benzene rings is 1. The molecule has 7 heteroatoms. The lowest BCUT2D eigenvalue weighted by Gasteiger charge is -2.07. The fraction of sp³-hybridized carbons (Fsp3) is 0.286. The number of anilines is 1. The van der Waals surface area contributed by atoms with Crippen molar-refractivity contribution in [1.82, 2.24) is 9.78 Å². The molecule has 0 aliphatic rings. The second kappa shape index (κ2) is 6.69. The van der Waals surface area contributed by atoms with Crippen LogP contribution in [0.1, 0.15) is 17.0 Å². The maximum Gasteiger partial charge on any atom is 0.239 e. The third kappa shape index (κ3) is 3.70. The number of nitrogens with zero attached hydrogens (tertiary/aromatic N) is 2. The minimum Gasteiger partial charge on any atom is -0.322 e. The van der Waals surface area contributed by atoms with E-state index in [2.05, 4.69) is 10.4 Å². The molecule has 2 rings (SSSR count). The zero-order valence-electron chi connectivity index (χ0n) is 11.6. The summed E-state index contributed by atoms with van der Waals surface area (Å²) in [6.45, 7) is 4.27. The van der Waals surface area contributed by atoms with Gasteiger partial charge in [-0.05, 0) is 31.5 Å². The molecule has 1 heterocycles. The van der Waals surface area contributed by atoms with E-state index >= 15 is 0 Å². The van der Waals surface area contributed by atoms with Gasteiger partial charge in [-0.3, -0.25) is 9.48 Å². The van der Waals surface area contributed by atoms with Crippen LogP contribution in [0.2, 0.25) is 10.0 Å². The molecule has 0 spiro atoms. The van der Waals surface area contributed by atoms with Crippen LogP contribution in [-0.4, -0.2) is 21.6 Å². The van der Waals surface area contributed by atoms with Crippen molar-refractivity contribution in [3.05, 3.63) is 45.2 Å². The van der Waals surface area contributed by atoms with Gasteiger partial charge in [0.1, 0.15) is 5.88 Å². The first-order valence-corrected chi connectivity index (χ1v) is 7.55. The topological polar surface area (TPSA) is 46.9 Å². The molecule has 0 unspecified atom stereocenters. The molecule has 0 radical (unpaired) electrons. The Morgan fingerprint density at radius 2 is 2.00 bits per heavy atom. The Kier molecular flexibility index (Phi) is 5.14. The average molecular weight is 347 g/mol. The third-order valence-electron chi connectivity index (χ3n) is 3.08. The fourth-order valence-electron chi connectivity index (χ4n) is 2.02. The van der Waals surface area contributed by atoms with Crippen LogP contribution >= 0.6 is 34.8 Å². The Balaban J connectivity index is 2.26. The number of hydrogen-bond acceptors (Lipinski definition) is 2. The number of aryl methyl sites for hydroxylation is 1. The Bertz CT molecular complexity index is 682. The molecule has 1 amide bonds. The molecule has 1 N–H and O–H groups in total. The molecular weight excluding hydrogens is 333 g/mol. The van der Waals surface area contributed by atoms with Crippen molar-refractivity contribution in [2.75, 3.05) is 11.2 Å². The molecule has 0 saturated heterocycles. The summed E-state index contributed by atoms with van der Waals surface area (Å²) >= 11 is 17.4. The number of carbonyl (C=O) groups is 1. The summed E-state index contributed by atoms with van der Waals surface area (Å²) < 4.78 is 1.80. The molecule has 112 valence electrons. The highest BCUT2D eigenvalue weighted by molar-refractivity contribution is 6.42. The summed E-state index contributed by atoms with van der Waals surface area (Å²) in [5.41, 5.74) is 3.27. The van der Waals surface area contributed by atoms with Gasteiger partial charge >= 0.3 is 0 Å². The third-order valence-corrected chi connectivity index (χ3v) is 4.07. The molecular formula is C14H14Cl3N3O. The van der Waals surface area contributed by atoms with E-state index in [4.69, 9.17) is 34.8 Å². The van der Waals surface area contributed by atoms with Crippen LogP contribution in [0.25, 0.3) is 0 Å². The molecule has 0 fully saturated rings. The normalized spacial score (nSPS) is 10.7. The lowest BCUT2D eigenvalue weighted by molar-refractivity contribution is -0.113. The van der Waals surface area contributed by atoms with Crippen molar-refractivity contribution in [1.29, 1.82) is 0 Å². The van der Waals surface area contributed by atoms with Crippen molar-refractivity contribution >= 4 is 46.4 Å². The summed E-state index contributed by atoms with van der Waals surface area (Å²) in [6.07, 6.45) is 0. The molecule has 21 heavy (non-hydrogen) atoms. The standard InChI is InChI=1S/C14H14Cl3N3O/c1-8-14(18-13(21)6-15)9(2)20(19-8)7-10-3-4-11(16)12(17)5-10/h3-5H,6-7H2,1-2H3,(H,18,21). The highest BCUT2D eigenvalue weighted by atomic mass is 35.5. The molecule has 1 aromatic heterocycles. The zero-order chi connectivity index (χ0) is 15.6. The van der Waals surface area contributed by atoms with Crippen LogP contribution in [-0.2, 0) is 11.3 Å². The van der Waals surface area contributed by atoms with E-state index in [1.165, 1.54) is 0 Å². The first kappa shape index (κ1) is 16.1. The first-order valence-electron chi connectivity index (χ1n) is 6.26. The molecule has 0 bridgehead atoms. The van der Waals surface area contributed by atoms with Crippen molar-refractivity contribution in [2.24, 2.45) is 0 Å². The number of aromatic nitrogens is 2. The average Bonchev–Trinajstić information content (AvgIpc) is 2.70. The van der Waals surface area contributed by atoms with Crippen LogP contribution in [0, 0.1) is 13.8 Å². The highest BCUT2D eigenvalue weighted by Gasteiger charge is 2.14. The Morgan fingerprint density at radius 1 is 1.29 bits per heavy atom. The number of hydrogen-bond donors (Lipinski definition) is 1. The van der Waals surface area contributed by atoms with Crippen LogP contribution in [0.5, 0.6) is 0 Å². The quantitative estimate of drug-likeness (QED) is 0.850. The van der Waals surface area contributed by atoms with Gasteiger partial charge in [0.2, 0.25) is 5.91 Å². The monoisotopic (exact) mass is 345 g/mol. The van der Waals surface area contributed by atoms with Gasteiger partial charge in [0, 0.05) is 0 Å². The first-order chi connectivity index (χ1) is 9.92. The van der Waals surface area contributed by atoms with Gasteiger partial charge in [-0.25, -0.2) is 0 Å². The maximum absolute atomic E-state index is 11.4. The van der Waals surface area contributed by atoms with Gasteiger partial charge in [0.25, 0.3) is 0 Å². The van der Waals surface area contributed by atoms with E-state index in [-0.39, 0.29) is 11.8 Å². The van der Waals surface area contributed by atoms with Gasteiger partial charge in [0.15, 0.2) is 0 Å². The largest absolute Gasteiger partial charge is 0.322 e. The summed E-state index contributed by atoms with van der Waals surface area (Å²) in [6, 6.07) is 5.44. The van der Waals surface area contributed by atoms with Gasteiger partial charge in [-0.1, -0.05) is 29.3 Å². The van der Waals surface area contributed by atoms with Gasteiger partial charge in [-0.15, -0.1) is 11.6 Å². The molecule has 1 aromatic carbocycles. The number of amides is 1. The van der Waals surface area contributed by atoms with Crippen molar-refractivity contribution < 1.29 is 4.79 Å². The second-order valence-corrected chi connectivity index (χ2v) is 5.72. The van der Waals surface area contributed by atoms with E-state index in [0.29, 0.717) is 22.3 Å². The van der Waals surface area contributed by atoms with Gasteiger partial charge in [-0.2, -0.15) is 5.10 Å². The van der Waals surface area contributed by atoms with Crippen LogP contribution in [0.4, 0.5) is 5.69 Å². The van der Waals surface area contributed by atoms with E-state index in [1.807, 2.05) is 19.9 Å². The second-order valence-electron chi connectivity index (χ2n) is 4.63. The number of nitrogens with one attached hydrogen (secondary N) is 1. The summed E-state index contributed by atoms with van der Waals surface area (Å²) in [7, 11) is 0. The Hall–Kier alpha value is -1.23. The van der Waals surface area contributed by atoms with Crippen LogP contribution in [0.3, 0.4) is 0 Å². The lowest BCUT2D eigenvalue weighted by Crippen LogP contribution is -2.14. The summed E-state index contributed by atoms with van der Waals surface area (Å²) in [5.74, 6) is -0.339. The van der Waals surface area contributed by atoms with Gasteiger partial charge < -0.3 is 5.32 Å². The molecule has 0 aliphatic carbocycles. The predicted molar refractivity (Wildman–Crippen MR) is 86.6 cm³/mol. The van der Waals surface area contributed by atoms with E-state index in [0.717, 1.165) is 17.0 Å². The number of alkyl halides is 1. The van der Waals surface area contributed by atoms with Crippen molar-refractivity contribution in [3.8, 4) is 0 Å². The minimum atomic E-state index is -0.253. The Labute approximate surface area is 138 Å². The fourth-order valence-corrected chi connectivity index (χ4v) is 2.40. The van der Waals surface area contributed by atoms with E-state index in [1.54, 1.807) is 16.8 Å². The Morgan fingerprint density at radius 3 is 2.62 bits per heavy atom. The highest BCUT2D eigenvalue weighted by Crippen LogP contribution is 2.24. The molecule has 2 aromatic rings. The number of halogens is 3. The maximum atomic E-state index is 11.4. The number of carbonyl (C=O) groups excluding carboxylic acids is 1. The number of rotatable bonds is 4. The molecule has 0 saturated carbocycles. The van der Waals surface area contributed by atoms with Crippen molar-refractivity contribution in [3.63, 3.8) is 0 Å². The van der Waals surface area contributed by atoms with Gasteiger partial charge in [0.05, 0.1) is 33.7 Å². The van der Waals surface area contributed by atoms with Crippen molar-refractivity contribution in [2.45, 2.75) is 20.4 Å². The van der Waals surface area contributed by atoms with Crippen LogP contribution in [0.15, 0.2) is 18.2 Å². The minimum absolute atomic E-state index is 0.0865. The van der Waals surface area contributed by atoms with Crippen LogP contribution < -0.4 is 5.32 Å². The predicted octanol–water partition coefficient (Wildman–Crippen LogP) is 4.03. The molecule has 0 aliphatic heterocycles. The van der Waals surface area contributed by atoms with E-state index in [9.17, 15) is 4.79 Å². The zero-order valence-corrected chi connectivity index (χ0v) is 13.9. The van der Waals surface area contributed by atoms with E-state index < -0.39 is 0 Å². The SMILES string of the molecule is Cc1nn(Cc2ccc(Cl)c(Cl)c2)c(C)c1NC(=O)CCl. The molecule has 4 nitrogen and oxygen atoms in total. The summed E-state index contributed by atoms with van der Waals surface area (Å²) in [4.78, 5) is 11.4. The summed E-state index contributed by atoms with van der Waals surface area (Å²) in [5, 5.41) is 8.20. The smallest absolute Gasteiger partial charge is 0.239 e. The molecule has 0 atom stereocenters.